The highest BCUT2D eigenvalue weighted by Crippen LogP contribution is 2.14. The van der Waals surface area contributed by atoms with Gasteiger partial charge in [-0.05, 0) is 12.1 Å². The van der Waals surface area contributed by atoms with Gasteiger partial charge >= 0.3 is 0 Å². The van der Waals surface area contributed by atoms with Crippen LogP contribution in [0.1, 0.15) is 10.5 Å². The number of halogens is 1. The first-order chi connectivity index (χ1) is 6.72. The molecule has 0 aliphatic heterocycles. The quantitative estimate of drug-likeness (QED) is 0.820. The molecule has 72 valence electrons. The monoisotopic (exact) mass is 253 g/mol. The molecule has 2 aromatic rings. The van der Waals surface area contributed by atoms with Crippen LogP contribution in [0.5, 0.6) is 0 Å². The van der Waals surface area contributed by atoms with Crippen LogP contribution in [0.3, 0.4) is 0 Å². The van der Waals surface area contributed by atoms with Gasteiger partial charge in [0.1, 0.15) is 11.3 Å². The van der Waals surface area contributed by atoms with Crippen LogP contribution in [0, 0.1) is 0 Å². The van der Waals surface area contributed by atoms with E-state index in [9.17, 15) is 4.79 Å². The number of nitrogens with two attached hydrogens (primary N) is 1. The van der Waals surface area contributed by atoms with Crippen molar-refractivity contribution in [1.29, 1.82) is 0 Å². The first-order valence-electron chi connectivity index (χ1n) is 4.08. The summed E-state index contributed by atoms with van der Waals surface area (Å²) in [5.41, 5.74) is 6.54. The number of carbonyl (C=O) groups excluding carboxylic acids is 1. The molecule has 0 saturated carbocycles. The minimum atomic E-state index is -0.111. The van der Waals surface area contributed by atoms with Crippen LogP contribution in [0.25, 0.3) is 5.65 Å². The van der Waals surface area contributed by atoms with Crippen LogP contribution in [0.4, 0.5) is 0 Å². The van der Waals surface area contributed by atoms with Crippen molar-refractivity contribution in [1.82, 2.24) is 9.38 Å². The minimum absolute atomic E-state index is 0.00383. The lowest BCUT2D eigenvalue weighted by Crippen LogP contribution is -2.15. The van der Waals surface area contributed by atoms with E-state index in [2.05, 4.69) is 20.9 Å². The Labute approximate surface area is 88.9 Å². The summed E-state index contributed by atoms with van der Waals surface area (Å²) in [5.74, 6) is -0.111. The summed E-state index contributed by atoms with van der Waals surface area (Å²) in [6.45, 7) is 0.00383. The summed E-state index contributed by atoms with van der Waals surface area (Å²) >= 11 is 3.33. The summed E-state index contributed by atoms with van der Waals surface area (Å²) in [5, 5.41) is 0. The number of hydrogen-bond acceptors (Lipinski definition) is 3. The smallest absolute Gasteiger partial charge is 0.194 e. The molecule has 14 heavy (non-hydrogen) atoms. The van der Waals surface area contributed by atoms with E-state index in [0.717, 1.165) is 10.1 Å². The Morgan fingerprint density at radius 3 is 3.14 bits per heavy atom. The van der Waals surface area contributed by atoms with Gasteiger partial charge in [0.15, 0.2) is 5.78 Å². The average molecular weight is 254 g/mol. The van der Waals surface area contributed by atoms with E-state index in [1.165, 1.54) is 6.20 Å². The van der Waals surface area contributed by atoms with Crippen LogP contribution < -0.4 is 5.73 Å². The zero-order valence-electron chi connectivity index (χ0n) is 7.27. The molecule has 4 nitrogen and oxygen atoms in total. The lowest BCUT2D eigenvalue weighted by atomic mass is 10.3. The van der Waals surface area contributed by atoms with Crippen LogP contribution >= 0.6 is 15.9 Å². The van der Waals surface area contributed by atoms with Gasteiger partial charge in [-0.3, -0.25) is 9.20 Å². The lowest BCUT2D eigenvalue weighted by Gasteiger charge is -1.98. The van der Waals surface area contributed by atoms with Gasteiger partial charge in [0.2, 0.25) is 0 Å². The van der Waals surface area contributed by atoms with Gasteiger partial charge in [-0.25, -0.2) is 4.98 Å². The molecule has 2 rings (SSSR count). The van der Waals surface area contributed by atoms with Crippen molar-refractivity contribution in [2.45, 2.75) is 0 Å². The predicted molar refractivity (Wildman–Crippen MR) is 56.3 cm³/mol. The summed E-state index contributed by atoms with van der Waals surface area (Å²) in [7, 11) is 0. The highest BCUT2D eigenvalue weighted by atomic mass is 79.9. The number of Topliss-reactive ketones (excluding diaryl/α,β-unsaturated/α-hetero) is 1. The second kappa shape index (κ2) is 3.51. The molecule has 0 fully saturated rings. The molecule has 5 heteroatoms. The standard InChI is InChI=1S/C9H8BrN3O/c10-6-1-2-13-7(8(14)4-11)5-12-9(13)3-6/h1-3,5H,4,11H2. The predicted octanol–water partition coefficient (Wildman–Crippen LogP) is 1.24. The maximum atomic E-state index is 11.4. The van der Waals surface area contributed by atoms with Crippen LogP contribution in [0.2, 0.25) is 0 Å². The Kier molecular flexibility index (Phi) is 2.35. The molecule has 2 aromatic heterocycles. The molecule has 0 saturated heterocycles. The van der Waals surface area contributed by atoms with Gasteiger partial charge in [-0.2, -0.15) is 0 Å². The highest BCUT2D eigenvalue weighted by molar-refractivity contribution is 9.10. The average Bonchev–Trinajstić information content (AvgIpc) is 2.59. The summed E-state index contributed by atoms with van der Waals surface area (Å²) in [4.78, 5) is 15.5. The second-order valence-corrected chi connectivity index (χ2v) is 3.76. The number of ketones is 1. The largest absolute Gasteiger partial charge is 0.324 e. The fraction of sp³-hybridized carbons (Fsp3) is 0.111. The van der Waals surface area contributed by atoms with Gasteiger partial charge in [0, 0.05) is 10.7 Å². The summed E-state index contributed by atoms with van der Waals surface area (Å²) in [6.07, 6.45) is 3.33. The molecule has 0 bridgehead atoms. The third kappa shape index (κ3) is 1.44. The Morgan fingerprint density at radius 2 is 2.43 bits per heavy atom. The van der Waals surface area contributed by atoms with E-state index in [1.807, 2.05) is 12.1 Å². The van der Waals surface area contributed by atoms with Crippen molar-refractivity contribution in [2.75, 3.05) is 6.54 Å². The SMILES string of the molecule is NCC(=O)c1cnc2cc(Br)ccn12. The van der Waals surface area contributed by atoms with E-state index >= 15 is 0 Å². The first-order valence-corrected chi connectivity index (χ1v) is 4.87. The molecular weight excluding hydrogens is 246 g/mol. The number of aromatic nitrogens is 2. The van der Waals surface area contributed by atoms with E-state index in [1.54, 1.807) is 10.6 Å². The second-order valence-electron chi connectivity index (χ2n) is 2.84. The number of nitrogens with zero attached hydrogens (tertiary/aromatic N) is 2. The van der Waals surface area contributed by atoms with Crippen molar-refractivity contribution in [2.24, 2.45) is 5.73 Å². The van der Waals surface area contributed by atoms with E-state index in [4.69, 9.17) is 5.73 Å². The maximum absolute atomic E-state index is 11.4. The van der Waals surface area contributed by atoms with E-state index in [-0.39, 0.29) is 12.3 Å². The van der Waals surface area contributed by atoms with Gasteiger partial charge in [0.25, 0.3) is 0 Å². The molecule has 0 spiro atoms. The lowest BCUT2D eigenvalue weighted by molar-refractivity contribution is 0.0996. The Hall–Kier alpha value is -1.20. The Balaban J connectivity index is 2.64. The summed E-state index contributed by atoms with van der Waals surface area (Å²) in [6, 6.07) is 3.69. The van der Waals surface area contributed by atoms with Crippen LogP contribution in [-0.2, 0) is 0 Å². The Morgan fingerprint density at radius 1 is 1.64 bits per heavy atom. The zero-order chi connectivity index (χ0) is 10.1. The zero-order valence-corrected chi connectivity index (χ0v) is 8.86. The van der Waals surface area contributed by atoms with Crippen molar-refractivity contribution in [3.63, 3.8) is 0 Å². The van der Waals surface area contributed by atoms with Gasteiger partial charge in [0.05, 0.1) is 12.7 Å². The number of carbonyl (C=O) groups is 1. The number of pyridine rings is 1. The summed E-state index contributed by atoms with van der Waals surface area (Å²) < 4.78 is 2.65. The molecule has 0 atom stereocenters. The molecule has 0 amide bonds. The highest BCUT2D eigenvalue weighted by Gasteiger charge is 2.09. The number of hydrogen-bond donors (Lipinski definition) is 1. The normalized spacial score (nSPS) is 10.7. The molecule has 2 N–H and O–H groups in total. The molecule has 0 unspecified atom stereocenters. The van der Waals surface area contributed by atoms with Gasteiger partial charge in [-0.1, -0.05) is 15.9 Å². The van der Waals surface area contributed by atoms with Crippen molar-refractivity contribution < 1.29 is 4.79 Å². The third-order valence-corrected chi connectivity index (χ3v) is 2.44. The van der Waals surface area contributed by atoms with Crippen LogP contribution in [-0.4, -0.2) is 21.7 Å². The minimum Gasteiger partial charge on any atom is -0.324 e. The number of imidazole rings is 1. The van der Waals surface area contributed by atoms with Gasteiger partial charge in [-0.15, -0.1) is 0 Å². The first kappa shape index (κ1) is 9.36. The maximum Gasteiger partial charge on any atom is 0.194 e. The Bertz CT molecular complexity index is 492. The van der Waals surface area contributed by atoms with Crippen LogP contribution in [0.15, 0.2) is 29.0 Å². The molecule has 2 heterocycles. The number of fused-ring (bicyclic) bond motifs is 1. The fourth-order valence-corrected chi connectivity index (χ4v) is 1.59. The molecule has 0 radical (unpaired) electrons. The molecule has 0 aromatic carbocycles. The molecule has 0 aliphatic carbocycles. The topological polar surface area (TPSA) is 60.4 Å². The van der Waals surface area contributed by atoms with E-state index in [0.29, 0.717) is 5.69 Å². The fourth-order valence-electron chi connectivity index (χ4n) is 1.27. The van der Waals surface area contributed by atoms with Gasteiger partial charge < -0.3 is 5.73 Å². The van der Waals surface area contributed by atoms with Crippen molar-refractivity contribution in [3.05, 3.63) is 34.7 Å². The molecule has 0 aliphatic rings. The van der Waals surface area contributed by atoms with E-state index < -0.39 is 0 Å². The number of rotatable bonds is 2. The van der Waals surface area contributed by atoms with Crippen molar-refractivity contribution >= 4 is 27.4 Å². The van der Waals surface area contributed by atoms with Crippen molar-refractivity contribution in [3.8, 4) is 0 Å². The molecular formula is C9H8BrN3O. The third-order valence-electron chi connectivity index (χ3n) is 1.95.